The number of benzene rings is 2. The third kappa shape index (κ3) is 3.63. The van der Waals surface area contributed by atoms with Gasteiger partial charge in [0.05, 0.1) is 5.02 Å². The summed E-state index contributed by atoms with van der Waals surface area (Å²) < 4.78 is 5.93. The molecular weight excluding hydrogens is 281 g/mol. The van der Waals surface area contributed by atoms with Crippen LogP contribution in [0.15, 0.2) is 48.5 Å². The van der Waals surface area contributed by atoms with Gasteiger partial charge in [-0.2, -0.15) is 0 Å². The topological polar surface area (TPSA) is 35.2 Å². The third-order valence-corrected chi connectivity index (χ3v) is 3.29. The standard InChI is InChI=1S/C15H15Cl2NO/c1-10(18)15(11-5-4-6-12(16)9-11)19-14-8-3-2-7-13(14)17/h2-10,15H,18H2,1H3. The van der Waals surface area contributed by atoms with E-state index in [4.69, 9.17) is 33.7 Å². The number of hydrogen-bond donors (Lipinski definition) is 1. The van der Waals surface area contributed by atoms with Crippen molar-refractivity contribution < 1.29 is 4.74 Å². The molecule has 0 aliphatic carbocycles. The summed E-state index contributed by atoms with van der Waals surface area (Å²) in [4.78, 5) is 0. The maximum atomic E-state index is 6.10. The van der Waals surface area contributed by atoms with Gasteiger partial charge < -0.3 is 10.5 Å². The van der Waals surface area contributed by atoms with Crippen molar-refractivity contribution >= 4 is 23.2 Å². The van der Waals surface area contributed by atoms with Crippen LogP contribution >= 0.6 is 23.2 Å². The zero-order valence-corrected chi connectivity index (χ0v) is 12.0. The fourth-order valence-electron chi connectivity index (χ4n) is 1.84. The fourth-order valence-corrected chi connectivity index (χ4v) is 2.22. The molecule has 2 rings (SSSR count). The maximum Gasteiger partial charge on any atom is 0.139 e. The fraction of sp³-hybridized carbons (Fsp3) is 0.200. The highest BCUT2D eigenvalue weighted by Gasteiger charge is 2.19. The van der Waals surface area contributed by atoms with E-state index in [0.29, 0.717) is 15.8 Å². The molecule has 0 radical (unpaired) electrons. The van der Waals surface area contributed by atoms with E-state index in [1.807, 2.05) is 49.4 Å². The molecule has 2 aromatic carbocycles. The summed E-state index contributed by atoms with van der Waals surface area (Å²) in [5, 5.41) is 1.22. The molecule has 0 heterocycles. The number of nitrogens with two attached hydrogens (primary N) is 1. The molecule has 19 heavy (non-hydrogen) atoms. The largest absolute Gasteiger partial charge is 0.483 e. The van der Waals surface area contributed by atoms with Crippen LogP contribution in [-0.4, -0.2) is 6.04 Å². The molecule has 0 fully saturated rings. The van der Waals surface area contributed by atoms with Gasteiger partial charge in [-0.3, -0.25) is 0 Å². The lowest BCUT2D eigenvalue weighted by atomic mass is 10.0. The highest BCUT2D eigenvalue weighted by Crippen LogP contribution is 2.30. The average Bonchev–Trinajstić information content (AvgIpc) is 2.37. The van der Waals surface area contributed by atoms with Crippen LogP contribution in [0.2, 0.25) is 10.0 Å². The Labute approximate surface area is 123 Å². The molecule has 0 aliphatic rings. The number of para-hydroxylation sites is 1. The molecule has 0 saturated heterocycles. The number of hydrogen-bond acceptors (Lipinski definition) is 2. The predicted octanol–water partition coefficient (Wildman–Crippen LogP) is 4.46. The first-order valence-corrected chi connectivity index (χ1v) is 6.76. The molecule has 0 spiro atoms. The highest BCUT2D eigenvalue weighted by atomic mass is 35.5. The Kier molecular flexibility index (Phi) is 4.70. The van der Waals surface area contributed by atoms with Crippen LogP contribution in [0.25, 0.3) is 0 Å². The number of rotatable bonds is 4. The van der Waals surface area contributed by atoms with Gasteiger partial charge in [0.2, 0.25) is 0 Å². The summed E-state index contributed by atoms with van der Waals surface area (Å²) in [5.74, 6) is 0.617. The van der Waals surface area contributed by atoms with E-state index < -0.39 is 0 Å². The van der Waals surface area contributed by atoms with Crippen molar-refractivity contribution in [3.05, 3.63) is 64.1 Å². The van der Waals surface area contributed by atoms with Crippen LogP contribution in [0, 0.1) is 0 Å². The Bertz CT molecular complexity index is 557. The minimum atomic E-state index is -0.293. The normalized spacial score (nSPS) is 13.9. The smallest absolute Gasteiger partial charge is 0.139 e. The van der Waals surface area contributed by atoms with Gasteiger partial charge in [-0.05, 0) is 36.8 Å². The van der Waals surface area contributed by atoms with Gasteiger partial charge in [-0.25, -0.2) is 0 Å². The Hall–Kier alpha value is -1.22. The first-order valence-electron chi connectivity index (χ1n) is 6.00. The van der Waals surface area contributed by atoms with E-state index in [1.165, 1.54) is 0 Å². The molecule has 2 aromatic rings. The minimum absolute atomic E-state index is 0.185. The van der Waals surface area contributed by atoms with E-state index in [-0.39, 0.29) is 12.1 Å². The molecule has 0 aliphatic heterocycles. The lowest BCUT2D eigenvalue weighted by molar-refractivity contribution is 0.180. The van der Waals surface area contributed by atoms with Crippen molar-refractivity contribution in [2.75, 3.05) is 0 Å². The van der Waals surface area contributed by atoms with Gasteiger partial charge in [-0.15, -0.1) is 0 Å². The Morgan fingerprint density at radius 1 is 1.05 bits per heavy atom. The lowest BCUT2D eigenvalue weighted by Gasteiger charge is -2.23. The van der Waals surface area contributed by atoms with Crippen molar-refractivity contribution in [2.45, 2.75) is 19.1 Å². The van der Waals surface area contributed by atoms with Crippen molar-refractivity contribution in [3.8, 4) is 5.75 Å². The first-order chi connectivity index (χ1) is 9.08. The molecule has 0 saturated carbocycles. The quantitative estimate of drug-likeness (QED) is 0.904. The van der Waals surface area contributed by atoms with Crippen LogP contribution < -0.4 is 10.5 Å². The summed E-state index contributed by atoms with van der Waals surface area (Å²) in [6.45, 7) is 1.89. The predicted molar refractivity (Wildman–Crippen MR) is 79.9 cm³/mol. The summed E-state index contributed by atoms with van der Waals surface area (Å²) >= 11 is 12.1. The van der Waals surface area contributed by atoms with Crippen molar-refractivity contribution in [1.82, 2.24) is 0 Å². The molecular formula is C15H15Cl2NO. The van der Waals surface area contributed by atoms with E-state index >= 15 is 0 Å². The second-order valence-electron chi connectivity index (χ2n) is 4.38. The summed E-state index contributed by atoms with van der Waals surface area (Å²) in [7, 11) is 0. The summed E-state index contributed by atoms with van der Waals surface area (Å²) in [5.41, 5.74) is 6.94. The van der Waals surface area contributed by atoms with Crippen molar-refractivity contribution in [3.63, 3.8) is 0 Å². The maximum absolute atomic E-state index is 6.10. The molecule has 2 unspecified atom stereocenters. The number of halogens is 2. The zero-order valence-electron chi connectivity index (χ0n) is 10.5. The van der Waals surface area contributed by atoms with Crippen LogP contribution in [0.5, 0.6) is 5.75 Å². The van der Waals surface area contributed by atoms with Gasteiger partial charge >= 0.3 is 0 Å². The van der Waals surface area contributed by atoms with Crippen LogP contribution in [0.3, 0.4) is 0 Å². The number of ether oxygens (including phenoxy) is 1. The first kappa shape index (κ1) is 14.2. The molecule has 0 aromatic heterocycles. The van der Waals surface area contributed by atoms with Crippen molar-refractivity contribution in [2.24, 2.45) is 5.73 Å². The molecule has 4 heteroatoms. The second-order valence-corrected chi connectivity index (χ2v) is 5.23. The Balaban J connectivity index is 2.29. The summed E-state index contributed by atoms with van der Waals surface area (Å²) in [6, 6.07) is 14.6. The van der Waals surface area contributed by atoms with E-state index in [2.05, 4.69) is 0 Å². The van der Waals surface area contributed by atoms with Crippen LogP contribution in [0.4, 0.5) is 0 Å². The van der Waals surface area contributed by atoms with Crippen LogP contribution in [0.1, 0.15) is 18.6 Å². The van der Waals surface area contributed by atoms with Gasteiger partial charge in [0.15, 0.2) is 0 Å². The van der Waals surface area contributed by atoms with E-state index in [1.54, 1.807) is 6.07 Å². The molecule has 2 N–H and O–H groups in total. The van der Waals surface area contributed by atoms with Gasteiger partial charge in [0.1, 0.15) is 11.9 Å². The lowest BCUT2D eigenvalue weighted by Crippen LogP contribution is -2.29. The Morgan fingerprint density at radius 2 is 1.79 bits per heavy atom. The molecule has 0 bridgehead atoms. The highest BCUT2D eigenvalue weighted by molar-refractivity contribution is 6.32. The molecule has 100 valence electrons. The minimum Gasteiger partial charge on any atom is -0.483 e. The van der Waals surface area contributed by atoms with E-state index in [9.17, 15) is 0 Å². The SMILES string of the molecule is CC(N)C(Oc1ccccc1Cl)c1cccc(Cl)c1. The van der Waals surface area contributed by atoms with E-state index in [0.717, 1.165) is 5.56 Å². The van der Waals surface area contributed by atoms with Gasteiger partial charge in [0.25, 0.3) is 0 Å². The van der Waals surface area contributed by atoms with Gasteiger partial charge in [-0.1, -0.05) is 47.5 Å². The van der Waals surface area contributed by atoms with Gasteiger partial charge in [0, 0.05) is 11.1 Å². The second kappa shape index (κ2) is 6.29. The molecule has 2 nitrogen and oxygen atoms in total. The zero-order chi connectivity index (χ0) is 13.8. The molecule has 0 amide bonds. The van der Waals surface area contributed by atoms with Crippen molar-refractivity contribution in [1.29, 1.82) is 0 Å². The Morgan fingerprint density at radius 3 is 2.42 bits per heavy atom. The third-order valence-electron chi connectivity index (χ3n) is 2.75. The van der Waals surface area contributed by atoms with Crippen LogP contribution in [-0.2, 0) is 0 Å². The monoisotopic (exact) mass is 295 g/mol. The average molecular weight is 296 g/mol. The summed E-state index contributed by atoms with van der Waals surface area (Å²) in [6.07, 6.45) is -0.293. The molecule has 2 atom stereocenters.